The molecule has 0 radical (unpaired) electrons. The van der Waals surface area contributed by atoms with Crippen molar-refractivity contribution in [1.82, 2.24) is 10.3 Å². The maximum absolute atomic E-state index is 12.2. The van der Waals surface area contributed by atoms with Crippen LogP contribution in [0.3, 0.4) is 0 Å². The first-order valence-electron chi connectivity index (χ1n) is 8.60. The first-order valence-corrected chi connectivity index (χ1v) is 8.60. The number of carbonyl (C=O) groups excluding carboxylic acids is 2. The van der Waals surface area contributed by atoms with Gasteiger partial charge in [0.05, 0.1) is 6.10 Å². The lowest BCUT2D eigenvalue weighted by atomic mass is 9.98. The smallest absolute Gasteiger partial charge is 0.268 e. The molecule has 0 aliphatic heterocycles. The van der Waals surface area contributed by atoms with Crippen LogP contribution in [0.5, 0.6) is 0 Å². The van der Waals surface area contributed by atoms with Gasteiger partial charge in [-0.25, -0.2) is 0 Å². The zero-order chi connectivity index (χ0) is 16.8. The number of ketones is 1. The van der Waals surface area contributed by atoms with Crippen molar-refractivity contribution < 1.29 is 14.3 Å². The van der Waals surface area contributed by atoms with Gasteiger partial charge in [0.15, 0.2) is 5.78 Å². The monoisotopic (exact) mass is 320 g/mol. The van der Waals surface area contributed by atoms with E-state index in [9.17, 15) is 9.59 Å². The van der Waals surface area contributed by atoms with Gasteiger partial charge in [-0.1, -0.05) is 19.3 Å². The van der Waals surface area contributed by atoms with Gasteiger partial charge in [-0.15, -0.1) is 0 Å². The first-order chi connectivity index (χ1) is 11.0. The van der Waals surface area contributed by atoms with Crippen molar-refractivity contribution in [3.05, 3.63) is 22.5 Å². The van der Waals surface area contributed by atoms with E-state index in [1.807, 2.05) is 6.92 Å². The SMILES string of the molecule is CC(=O)c1c(C)[nH]c(C(=O)NCCCOC2CCCCC2)c1C. The van der Waals surface area contributed by atoms with Crippen LogP contribution in [-0.2, 0) is 4.74 Å². The van der Waals surface area contributed by atoms with Crippen LogP contribution < -0.4 is 5.32 Å². The number of hydrogen-bond donors (Lipinski definition) is 2. The lowest BCUT2D eigenvalue weighted by Gasteiger charge is -2.21. The average Bonchev–Trinajstić information content (AvgIpc) is 2.82. The molecule has 0 atom stereocenters. The average molecular weight is 320 g/mol. The summed E-state index contributed by atoms with van der Waals surface area (Å²) in [7, 11) is 0. The van der Waals surface area contributed by atoms with Crippen molar-refractivity contribution in [2.45, 2.75) is 65.4 Å². The minimum absolute atomic E-state index is 0.0174. The van der Waals surface area contributed by atoms with Gasteiger partial charge < -0.3 is 15.0 Å². The van der Waals surface area contributed by atoms with Gasteiger partial charge >= 0.3 is 0 Å². The fraction of sp³-hybridized carbons (Fsp3) is 0.667. The van der Waals surface area contributed by atoms with Gasteiger partial charge in [-0.2, -0.15) is 0 Å². The van der Waals surface area contributed by atoms with E-state index in [2.05, 4.69) is 10.3 Å². The maximum atomic E-state index is 12.2. The molecule has 1 aromatic heterocycles. The molecule has 5 heteroatoms. The van der Waals surface area contributed by atoms with Crippen molar-refractivity contribution in [3.63, 3.8) is 0 Å². The Labute approximate surface area is 138 Å². The van der Waals surface area contributed by atoms with Crippen LogP contribution in [0, 0.1) is 13.8 Å². The number of H-pyrrole nitrogens is 1. The highest BCUT2D eigenvalue weighted by molar-refractivity contribution is 6.02. The lowest BCUT2D eigenvalue weighted by Crippen LogP contribution is -2.27. The normalized spacial score (nSPS) is 15.6. The van der Waals surface area contributed by atoms with Gasteiger partial charge in [0.25, 0.3) is 5.91 Å². The molecular formula is C18H28N2O3. The molecule has 1 heterocycles. The zero-order valence-corrected chi connectivity index (χ0v) is 14.5. The zero-order valence-electron chi connectivity index (χ0n) is 14.5. The summed E-state index contributed by atoms with van der Waals surface area (Å²) in [5, 5.41) is 2.90. The van der Waals surface area contributed by atoms with Crippen LogP contribution in [0.4, 0.5) is 0 Å². The second-order valence-corrected chi connectivity index (χ2v) is 6.42. The summed E-state index contributed by atoms with van der Waals surface area (Å²) in [6.07, 6.45) is 7.41. The topological polar surface area (TPSA) is 71.2 Å². The van der Waals surface area contributed by atoms with Crippen molar-refractivity contribution in [1.29, 1.82) is 0 Å². The maximum Gasteiger partial charge on any atom is 0.268 e. The van der Waals surface area contributed by atoms with Crippen LogP contribution in [-0.4, -0.2) is 35.9 Å². The highest BCUT2D eigenvalue weighted by Crippen LogP contribution is 2.20. The van der Waals surface area contributed by atoms with E-state index in [0.29, 0.717) is 30.5 Å². The minimum atomic E-state index is -0.157. The largest absolute Gasteiger partial charge is 0.378 e. The van der Waals surface area contributed by atoms with E-state index >= 15 is 0 Å². The molecule has 1 amide bonds. The van der Waals surface area contributed by atoms with E-state index in [0.717, 1.165) is 17.7 Å². The second kappa shape index (κ2) is 8.29. The Bertz CT molecular complexity index is 557. The Morgan fingerprint density at radius 3 is 2.52 bits per heavy atom. The molecule has 1 aromatic rings. The summed E-state index contributed by atoms with van der Waals surface area (Å²) >= 11 is 0. The Hall–Kier alpha value is -1.62. The number of hydrogen-bond acceptors (Lipinski definition) is 3. The first kappa shape index (κ1) is 17.7. The van der Waals surface area contributed by atoms with E-state index in [-0.39, 0.29) is 11.7 Å². The van der Waals surface area contributed by atoms with Crippen molar-refractivity contribution >= 4 is 11.7 Å². The van der Waals surface area contributed by atoms with E-state index in [4.69, 9.17) is 4.74 Å². The Morgan fingerprint density at radius 2 is 1.91 bits per heavy atom. The Balaban J connectivity index is 1.74. The third-order valence-corrected chi connectivity index (χ3v) is 4.53. The molecule has 0 unspecified atom stereocenters. The molecule has 0 bridgehead atoms. The number of rotatable bonds is 7. The molecule has 0 aromatic carbocycles. The molecule has 128 valence electrons. The number of carbonyl (C=O) groups is 2. The molecule has 1 fully saturated rings. The molecule has 2 rings (SSSR count). The molecule has 0 spiro atoms. The van der Waals surface area contributed by atoms with Crippen LogP contribution in [0.15, 0.2) is 0 Å². The number of aryl methyl sites for hydroxylation is 1. The molecule has 1 saturated carbocycles. The summed E-state index contributed by atoms with van der Waals surface area (Å²) in [6.45, 7) is 6.41. The molecule has 23 heavy (non-hydrogen) atoms. The van der Waals surface area contributed by atoms with Crippen molar-refractivity contribution in [2.75, 3.05) is 13.2 Å². The summed E-state index contributed by atoms with van der Waals surface area (Å²) in [5.41, 5.74) is 2.59. The van der Waals surface area contributed by atoms with Gasteiger partial charge in [-0.05, 0) is 45.6 Å². The summed E-state index contributed by atoms with van der Waals surface area (Å²) in [5.74, 6) is -0.174. The number of aromatic amines is 1. The predicted molar refractivity (Wildman–Crippen MR) is 90.0 cm³/mol. The van der Waals surface area contributed by atoms with Gasteiger partial charge in [-0.3, -0.25) is 9.59 Å². The van der Waals surface area contributed by atoms with Gasteiger partial charge in [0.2, 0.25) is 0 Å². The number of ether oxygens (including phenoxy) is 1. The van der Waals surface area contributed by atoms with Crippen molar-refractivity contribution in [2.24, 2.45) is 0 Å². The third kappa shape index (κ3) is 4.67. The number of Topliss-reactive ketones (excluding diaryl/α,β-unsaturated/α-hetero) is 1. The van der Waals surface area contributed by atoms with Crippen LogP contribution in [0.25, 0.3) is 0 Å². The third-order valence-electron chi connectivity index (χ3n) is 4.53. The fourth-order valence-electron chi connectivity index (χ4n) is 3.35. The van der Waals surface area contributed by atoms with Crippen LogP contribution >= 0.6 is 0 Å². The lowest BCUT2D eigenvalue weighted by molar-refractivity contribution is 0.0273. The Kier molecular flexibility index (Phi) is 6.39. The predicted octanol–water partition coefficient (Wildman–Crippen LogP) is 3.30. The highest BCUT2D eigenvalue weighted by Gasteiger charge is 2.19. The van der Waals surface area contributed by atoms with Crippen LogP contribution in [0.1, 0.15) is 77.6 Å². The standard InChI is InChI=1S/C18H28N2O3/c1-12-16(14(3)21)13(2)20-17(12)18(22)19-10-7-11-23-15-8-5-4-6-9-15/h15,20H,4-11H2,1-3H3,(H,19,22). The van der Waals surface area contributed by atoms with Crippen molar-refractivity contribution in [3.8, 4) is 0 Å². The quantitative estimate of drug-likeness (QED) is 0.598. The number of aromatic nitrogens is 1. The molecule has 2 N–H and O–H groups in total. The molecule has 1 aliphatic carbocycles. The second-order valence-electron chi connectivity index (χ2n) is 6.42. The Morgan fingerprint density at radius 1 is 1.22 bits per heavy atom. The molecule has 5 nitrogen and oxygen atoms in total. The van der Waals surface area contributed by atoms with E-state index in [1.165, 1.54) is 39.0 Å². The van der Waals surface area contributed by atoms with Crippen LogP contribution in [0.2, 0.25) is 0 Å². The fourth-order valence-corrected chi connectivity index (χ4v) is 3.35. The number of amides is 1. The summed E-state index contributed by atoms with van der Waals surface area (Å²) in [4.78, 5) is 26.9. The van der Waals surface area contributed by atoms with Gasteiger partial charge in [0.1, 0.15) is 5.69 Å². The minimum Gasteiger partial charge on any atom is -0.378 e. The summed E-state index contributed by atoms with van der Waals surface area (Å²) in [6, 6.07) is 0. The molecule has 1 aliphatic rings. The highest BCUT2D eigenvalue weighted by atomic mass is 16.5. The molecule has 0 saturated heterocycles. The van der Waals surface area contributed by atoms with E-state index in [1.54, 1.807) is 6.92 Å². The summed E-state index contributed by atoms with van der Waals surface area (Å²) < 4.78 is 5.85. The van der Waals surface area contributed by atoms with Gasteiger partial charge in [0, 0.05) is 24.4 Å². The number of nitrogens with one attached hydrogen (secondary N) is 2. The molecular weight excluding hydrogens is 292 g/mol. The van der Waals surface area contributed by atoms with E-state index < -0.39 is 0 Å².